The average Bonchev–Trinajstić information content (AvgIpc) is 3.31. The molecule has 0 fully saturated rings. The molecule has 1 unspecified atom stereocenters. The van der Waals surface area contributed by atoms with Crippen molar-refractivity contribution in [1.29, 1.82) is 5.26 Å². The molecule has 0 spiro atoms. The van der Waals surface area contributed by atoms with E-state index < -0.39 is 5.25 Å². The Balaban J connectivity index is 1.74. The number of carbonyl (C=O) groups is 1. The summed E-state index contributed by atoms with van der Waals surface area (Å²) in [4.78, 5) is 14.6. The van der Waals surface area contributed by atoms with Gasteiger partial charge in [0.25, 0.3) is 11.1 Å². The SMILES string of the molecule is Cc1ccc(N(CCC#N)C(=O)C(C)Sc2nnc(-c3ccoc3C)o2)cc1. The molecule has 8 heteroatoms. The van der Waals surface area contributed by atoms with Gasteiger partial charge in [0, 0.05) is 12.2 Å². The maximum atomic E-state index is 13.0. The molecule has 3 rings (SSSR count). The Labute approximate surface area is 167 Å². The summed E-state index contributed by atoms with van der Waals surface area (Å²) in [7, 11) is 0. The van der Waals surface area contributed by atoms with Crippen molar-refractivity contribution in [3.63, 3.8) is 0 Å². The average molecular weight is 396 g/mol. The lowest BCUT2D eigenvalue weighted by Gasteiger charge is -2.24. The molecule has 7 nitrogen and oxygen atoms in total. The number of aryl methyl sites for hydroxylation is 2. The first-order valence-corrected chi connectivity index (χ1v) is 9.67. The number of rotatable bonds is 7. The van der Waals surface area contributed by atoms with Gasteiger partial charge in [-0.15, -0.1) is 10.2 Å². The second-order valence-electron chi connectivity index (χ2n) is 6.26. The fraction of sp³-hybridized carbons (Fsp3) is 0.300. The van der Waals surface area contributed by atoms with E-state index in [0.717, 1.165) is 16.8 Å². The summed E-state index contributed by atoms with van der Waals surface area (Å²) in [5, 5.41) is 16.8. The number of benzene rings is 1. The first kappa shape index (κ1) is 19.7. The Kier molecular flexibility index (Phi) is 6.16. The number of hydrogen-bond donors (Lipinski definition) is 0. The number of nitriles is 1. The van der Waals surface area contributed by atoms with Gasteiger partial charge < -0.3 is 13.7 Å². The number of thioether (sulfide) groups is 1. The Morgan fingerprint density at radius 3 is 2.64 bits per heavy atom. The van der Waals surface area contributed by atoms with Crippen LogP contribution >= 0.6 is 11.8 Å². The largest absolute Gasteiger partial charge is 0.469 e. The first-order valence-electron chi connectivity index (χ1n) is 8.79. The van der Waals surface area contributed by atoms with Crippen LogP contribution in [-0.4, -0.2) is 27.9 Å². The summed E-state index contributed by atoms with van der Waals surface area (Å²) in [6.45, 7) is 5.91. The van der Waals surface area contributed by atoms with Gasteiger partial charge in [0.1, 0.15) is 5.76 Å². The normalized spacial score (nSPS) is 11.8. The molecule has 0 aliphatic rings. The van der Waals surface area contributed by atoms with E-state index >= 15 is 0 Å². The molecule has 0 N–H and O–H groups in total. The second-order valence-corrected chi connectivity index (χ2v) is 7.55. The zero-order chi connectivity index (χ0) is 20.1. The van der Waals surface area contributed by atoms with Gasteiger partial charge in [-0.1, -0.05) is 29.5 Å². The van der Waals surface area contributed by atoms with Crippen LogP contribution in [0.5, 0.6) is 0 Å². The van der Waals surface area contributed by atoms with Crippen LogP contribution in [0.2, 0.25) is 0 Å². The fourth-order valence-electron chi connectivity index (χ4n) is 2.65. The minimum Gasteiger partial charge on any atom is -0.469 e. The van der Waals surface area contributed by atoms with E-state index in [1.807, 2.05) is 38.1 Å². The van der Waals surface area contributed by atoms with Gasteiger partial charge in [0.2, 0.25) is 5.91 Å². The standard InChI is InChI=1S/C20H20N4O3S/c1-13-5-7-16(8-6-13)24(11-4-10-21)19(25)15(3)28-20-23-22-18(27-20)17-9-12-26-14(17)2/h5-9,12,15H,4,11H2,1-3H3. The van der Waals surface area contributed by atoms with Gasteiger partial charge in [0.15, 0.2) is 0 Å². The lowest BCUT2D eigenvalue weighted by Crippen LogP contribution is -2.37. The van der Waals surface area contributed by atoms with Crippen LogP contribution in [0.25, 0.3) is 11.5 Å². The van der Waals surface area contributed by atoms with Crippen molar-refractivity contribution in [2.24, 2.45) is 0 Å². The van der Waals surface area contributed by atoms with Crippen molar-refractivity contribution in [3.05, 3.63) is 47.9 Å². The highest BCUT2D eigenvalue weighted by Crippen LogP contribution is 2.29. The van der Waals surface area contributed by atoms with E-state index in [1.54, 1.807) is 24.2 Å². The van der Waals surface area contributed by atoms with Gasteiger partial charge in [-0.25, -0.2) is 0 Å². The zero-order valence-electron chi connectivity index (χ0n) is 15.9. The molecule has 0 aliphatic heterocycles. The van der Waals surface area contributed by atoms with Crippen molar-refractivity contribution in [3.8, 4) is 17.5 Å². The highest BCUT2D eigenvalue weighted by atomic mass is 32.2. The van der Waals surface area contributed by atoms with Crippen LogP contribution in [-0.2, 0) is 4.79 Å². The van der Waals surface area contributed by atoms with Crippen LogP contribution in [0.3, 0.4) is 0 Å². The second kappa shape index (κ2) is 8.76. The molecule has 1 amide bonds. The summed E-state index contributed by atoms with van der Waals surface area (Å²) in [5.74, 6) is 0.919. The highest BCUT2D eigenvalue weighted by Gasteiger charge is 2.25. The number of furan rings is 1. The number of aromatic nitrogens is 2. The van der Waals surface area contributed by atoms with Gasteiger partial charge in [0.05, 0.1) is 29.6 Å². The highest BCUT2D eigenvalue weighted by molar-refractivity contribution is 8.00. The number of carbonyl (C=O) groups excluding carboxylic acids is 1. The summed E-state index contributed by atoms with van der Waals surface area (Å²) in [5.41, 5.74) is 2.60. The molecular weight excluding hydrogens is 376 g/mol. The van der Waals surface area contributed by atoms with Crippen molar-refractivity contribution < 1.29 is 13.6 Å². The van der Waals surface area contributed by atoms with Crippen LogP contribution in [0, 0.1) is 25.2 Å². The van der Waals surface area contributed by atoms with Gasteiger partial charge in [-0.05, 0) is 39.0 Å². The fourth-order valence-corrected chi connectivity index (χ4v) is 3.39. The summed E-state index contributed by atoms with van der Waals surface area (Å²) in [6, 6.07) is 11.5. The smallest absolute Gasteiger partial charge is 0.277 e. The van der Waals surface area contributed by atoms with E-state index in [2.05, 4.69) is 16.3 Å². The van der Waals surface area contributed by atoms with Crippen molar-refractivity contribution in [2.75, 3.05) is 11.4 Å². The third-order valence-electron chi connectivity index (χ3n) is 4.18. The van der Waals surface area contributed by atoms with Crippen molar-refractivity contribution >= 4 is 23.4 Å². The number of amides is 1. The minimum absolute atomic E-state index is 0.122. The molecule has 0 saturated carbocycles. The van der Waals surface area contributed by atoms with Crippen LogP contribution in [0.1, 0.15) is 24.7 Å². The quantitative estimate of drug-likeness (QED) is 0.547. The topological polar surface area (TPSA) is 96.2 Å². The van der Waals surface area contributed by atoms with E-state index in [9.17, 15) is 4.79 Å². The molecule has 1 atom stereocenters. The van der Waals surface area contributed by atoms with Crippen LogP contribution < -0.4 is 4.90 Å². The maximum absolute atomic E-state index is 13.0. The Morgan fingerprint density at radius 2 is 2.00 bits per heavy atom. The van der Waals surface area contributed by atoms with Crippen LogP contribution in [0.15, 0.2) is 50.7 Å². The summed E-state index contributed by atoms with van der Waals surface area (Å²) >= 11 is 1.19. The maximum Gasteiger partial charge on any atom is 0.277 e. The molecule has 144 valence electrons. The number of nitrogens with zero attached hydrogens (tertiary/aromatic N) is 4. The summed E-state index contributed by atoms with van der Waals surface area (Å²) in [6.07, 6.45) is 1.81. The monoisotopic (exact) mass is 396 g/mol. The Hall–Kier alpha value is -3.05. The third-order valence-corrected chi connectivity index (χ3v) is 5.10. The molecule has 0 saturated heterocycles. The van der Waals surface area contributed by atoms with Gasteiger partial charge >= 0.3 is 0 Å². The van der Waals surface area contributed by atoms with E-state index in [4.69, 9.17) is 14.1 Å². The van der Waals surface area contributed by atoms with E-state index in [0.29, 0.717) is 23.4 Å². The van der Waals surface area contributed by atoms with Crippen molar-refractivity contribution in [2.45, 2.75) is 37.7 Å². The van der Waals surface area contributed by atoms with E-state index in [1.165, 1.54) is 11.8 Å². The lowest BCUT2D eigenvalue weighted by atomic mass is 10.2. The van der Waals surface area contributed by atoms with Gasteiger partial charge in [-0.2, -0.15) is 5.26 Å². The molecular formula is C20H20N4O3S. The number of anilines is 1. The van der Waals surface area contributed by atoms with Crippen LogP contribution in [0.4, 0.5) is 5.69 Å². The van der Waals surface area contributed by atoms with Gasteiger partial charge in [-0.3, -0.25) is 4.79 Å². The third kappa shape index (κ3) is 4.43. The molecule has 2 aromatic heterocycles. The van der Waals surface area contributed by atoms with Crippen molar-refractivity contribution in [1.82, 2.24) is 10.2 Å². The molecule has 0 aliphatic carbocycles. The predicted molar refractivity (Wildman–Crippen MR) is 106 cm³/mol. The lowest BCUT2D eigenvalue weighted by molar-refractivity contribution is -0.117. The molecule has 0 radical (unpaired) electrons. The predicted octanol–water partition coefficient (Wildman–Crippen LogP) is 4.37. The summed E-state index contributed by atoms with van der Waals surface area (Å²) < 4.78 is 10.9. The number of hydrogen-bond acceptors (Lipinski definition) is 7. The minimum atomic E-state index is -0.459. The molecule has 1 aromatic carbocycles. The molecule has 28 heavy (non-hydrogen) atoms. The first-order chi connectivity index (χ1) is 13.5. The Bertz CT molecular complexity index is 988. The Morgan fingerprint density at radius 1 is 1.25 bits per heavy atom. The molecule has 3 aromatic rings. The van der Waals surface area contributed by atoms with E-state index in [-0.39, 0.29) is 12.3 Å². The molecule has 2 heterocycles. The molecule has 0 bridgehead atoms. The zero-order valence-corrected chi connectivity index (χ0v) is 16.7.